The smallest absolute Gasteiger partial charge is 0.254 e. The number of rotatable bonds is 2. The number of hydrogen-bond donors (Lipinski definition) is 1. The fraction of sp³-hybridized carbons (Fsp3) is 0.211. The highest BCUT2D eigenvalue weighted by Gasteiger charge is 2.26. The molecule has 4 rings (SSSR count). The van der Waals surface area contributed by atoms with Gasteiger partial charge in [0.15, 0.2) is 0 Å². The van der Waals surface area contributed by atoms with Crippen molar-refractivity contribution in [3.05, 3.63) is 58.8 Å². The zero-order valence-corrected chi connectivity index (χ0v) is 15.1. The molecule has 2 N–H and O–H groups in total. The van der Waals surface area contributed by atoms with E-state index in [0.29, 0.717) is 18.7 Å². The molecule has 0 saturated carbocycles. The molecule has 0 spiro atoms. The fourth-order valence-electron chi connectivity index (χ4n) is 3.19. The lowest BCUT2D eigenvalue weighted by atomic mass is 10.0. The largest absolute Gasteiger partial charge is 0.337 e. The van der Waals surface area contributed by atoms with Crippen molar-refractivity contribution in [3.8, 4) is 11.3 Å². The maximum absolute atomic E-state index is 13.1. The Morgan fingerprint density at radius 3 is 2.72 bits per heavy atom. The van der Waals surface area contributed by atoms with E-state index >= 15 is 0 Å². The van der Waals surface area contributed by atoms with Gasteiger partial charge in [0, 0.05) is 46.9 Å². The monoisotopic (exact) mass is 396 g/mol. The van der Waals surface area contributed by atoms with Crippen molar-refractivity contribution < 1.29 is 4.79 Å². The van der Waals surface area contributed by atoms with Crippen LogP contribution in [0.25, 0.3) is 22.2 Å². The summed E-state index contributed by atoms with van der Waals surface area (Å²) in [5, 5.41) is 0.845. The lowest BCUT2D eigenvalue weighted by molar-refractivity contribution is 0.0793. The Labute approximate surface area is 154 Å². The zero-order valence-electron chi connectivity index (χ0n) is 13.5. The molecule has 1 fully saturated rings. The Kier molecular flexibility index (Phi) is 4.23. The topological polar surface area (TPSA) is 72.1 Å². The van der Waals surface area contributed by atoms with Crippen molar-refractivity contribution in [1.82, 2.24) is 14.9 Å². The highest BCUT2D eigenvalue weighted by atomic mass is 79.9. The third-order valence-electron chi connectivity index (χ3n) is 4.49. The second-order valence-corrected chi connectivity index (χ2v) is 7.17. The zero-order chi connectivity index (χ0) is 17.4. The third kappa shape index (κ3) is 3.15. The third-order valence-corrected chi connectivity index (χ3v) is 4.98. The lowest BCUT2D eigenvalue weighted by Crippen LogP contribution is -2.32. The normalized spacial score (nSPS) is 17.2. The molecule has 1 aliphatic rings. The van der Waals surface area contributed by atoms with Crippen molar-refractivity contribution in [3.63, 3.8) is 0 Å². The highest BCUT2D eigenvalue weighted by molar-refractivity contribution is 9.10. The predicted octanol–water partition coefficient (Wildman–Crippen LogP) is 3.23. The molecule has 6 heteroatoms. The van der Waals surface area contributed by atoms with Crippen LogP contribution in [0, 0.1) is 0 Å². The molecule has 1 amide bonds. The van der Waals surface area contributed by atoms with Gasteiger partial charge in [0.2, 0.25) is 0 Å². The minimum Gasteiger partial charge on any atom is -0.337 e. The van der Waals surface area contributed by atoms with Gasteiger partial charge in [0.05, 0.1) is 16.8 Å². The van der Waals surface area contributed by atoms with Crippen molar-refractivity contribution >= 4 is 32.7 Å². The number of fused-ring (bicyclic) bond motifs is 1. The molecule has 126 valence electrons. The first-order chi connectivity index (χ1) is 12.1. The molecule has 3 heterocycles. The van der Waals surface area contributed by atoms with Gasteiger partial charge in [-0.15, -0.1) is 0 Å². The summed E-state index contributed by atoms with van der Waals surface area (Å²) in [6, 6.07) is 11.5. The van der Waals surface area contributed by atoms with Crippen LogP contribution in [-0.2, 0) is 0 Å². The van der Waals surface area contributed by atoms with E-state index in [-0.39, 0.29) is 11.9 Å². The van der Waals surface area contributed by atoms with Crippen molar-refractivity contribution in [2.24, 2.45) is 5.73 Å². The first-order valence-electron chi connectivity index (χ1n) is 8.17. The molecule has 0 bridgehead atoms. The second-order valence-electron chi connectivity index (χ2n) is 6.25. The number of benzene rings is 1. The quantitative estimate of drug-likeness (QED) is 0.721. The molecule has 25 heavy (non-hydrogen) atoms. The summed E-state index contributed by atoms with van der Waals surface area (Å²) >= 11 is 3.49. The Hall–Kier alpha value is -2.31. The lowest BCUT2D eigenvalue weighted by Gasteiger charge is -2.18. The van der Waals surface area contributed by atoms with Crippen LogP contribution in [-0.4, -0.2) is 39.9 Å². The van der Waals surface area contributed by atoms with Crippen LogP contribution >= 0.6 is 15.9 Å². The van der Waals surface area contributed by atoms with Crippen LogP contribution in [0.2, 0.25) is 0 Å². The maximum Gasteiger partial charge on any atom is 0.254 e. The Morgan fingerprint density at radius 2 is 2.00 bits per heavy atom. The van der Waals surface area contributed by atoms with E-state index in [1.807, 2.05) is 41.3 Å². The Bertz CT molecular complexity index is 945. The molecule has 3 aromatic rings. The average Bonchev–Trinajstić information content (AvgIpc) is 3.07. The van der Waals surface area contributed by atoms with Crippen LogP contribution in [0.1, 0.15) is 16.8 Å². The number of nitrogens with zero attached hydrogens (tertiary/aromatic N) is 3. The van der Waals surface area contributed by atoms with Gasteiger partial charge < -0.3 is 10.6 Å². The number of pyridine rings is 2. The van der Waals surface area contributed by atoms with Gasteiger partial charge in [-0.3, -0.25) is 9.78 Å². The molecule has 1 atom stereocenters. The number of carbonyl (C=O) groups is 1. The number of amides is 1. The van der Waals surface area contributed by atoms with Gasteiger partial charge in [-0.25, -0.2) is 4.98 Å². The molecule has 1 aromatic carbocycles. The van der Waals surface area contributed by atoms with E-state index in [9.17, 15) is 4.79 Å². The minimum absolute atomic E-state index is 0.00811. The van der Waals surface area contributed by atoms with Crippen molar-refractivity contribution in [2.45, 2.75) is 12.5 Å². The Morgan fingerprint density at radius 1 is 1.20 bits per heavy atom. The van der Waals surface area contributed by atoms with Crippen LogP contribution in [0.3, 0.4) is 0 Å². The van der Waals surface area contributed by atoms with E-state index in [4.69, 9.17) is 10.7 Å². The average molecular weight is 397 g/mol. The van der Waals surface area contributed by atoms with Crippen LogP contribution in [0.15, 0.2) is 53.3 Å². The molecular formula is C19H17BrN4O. The number of aromatic nitrogens is 2. The van der Waals surface area contributed by atoms with Crippen molar-refractivity contribution in [1.29, 1.82) is 0 Å². The summed E-state index contributed by atoms with van der Waals surface area (Å²) in [6.07, 6.45) is 4.29. The van der Waals surface area contributed by atoms with Crippen LogP contribution in [0.5, 0.6) is 0 Å². The highest BCUT2D eigenvalue weighted by Crippen LogP contribution is 2.28. The van der Waals surface area contributed by atoms with E-state index < -0.39 is 0 Å². The molecular weight excluding hydrogens is 380 g/mol. The SMILES string of the molecule is N[C@@H]1CCN(C(=O)c2cc(-c3ccncc3)nc3ccc(Br)cc23)C1. The molecule has 1 aliphatic heterocycles. The maximum atomic E-state index is 13.1. The summed E-state index contributed by atoms with van der Waals surface area (Å²) in [4.78, 5) is 23.7. The van der Waals surface area contributed by atoms with E-state index in [1.165, 1.54) is 0 Å². The molecule has 5 nitrogen and oxygen atoms in total. The van der Waals surface area contributed by atoms with E-state index in [1.54, 1.807) is 12.4 Å². The van der Waals surface area contributed by atoms with Crippen molar-refractivity contribution in [2.75, 3.05) is 13.1 Å². The van der Waals surface area contributed by atoms with Gasteiger partial charge in [-0.2, -0.15) is 0 Å². The van der Waals surface area contributed by atoms with Gasteiger partial charge >= 0.3 is 0 Å². The van der Waals surface area contributed by atoms with Crippen LogP contribution < -0.4 is 5.73 Å². The molecule has 1 saturated heterocycles. The first kappa shape index (κ1) is 16.2. The number of nitrogens with two attached hydrogens (primary N) is 1. The summed E-state index contributed by atoms with van der Waals surface area (Å²) in [7, 11) is 0. The van der Waals surface area contributed by atoms with Gasteiger partial charge in [-0.05, 0) is 42.8 Å². The van der Waals surface area contributed by atoms with Crippen LogP contribution in [0.4, 0.5) is 0 Å². The minimum atomic E-state index is 0.00811. The summed E-state index contributed by atoms with van der Waals surface area (Å²) < 4.78 is 0.922. The fourth-order valence-corrected chi connectivity index (χ4v) is 3.55. The second kappa shape index (κ2) is 6.54. The first-order valence-corrected chi connectivity index (χ1v) is 8.97. The number of hydrogen-bond acceptors (Lipinski definition) is 4. The standard InChI is InChI=1S/C19H17BrN4O/c20-13-1-2-17-15(9-13)16(19(25)24-8-5-14(21)11-24)10-18(23-17)12-3-6-22-7-4-12/h1-4,6-7,9-10,14H,5,8,11,21H2/t14-/m1/s1. The summed E-state index contributed by atoms with van der Waals surface area (Å²) in [5.41, 5.74) is 9.14. The molecule has 2 aromatic heterocycles. The molecule has 0 radical (unpaired) electrons. The predicted molar refractivity (Wildman–Crippen MR) is 101 cm³/mol. The van der Waals surface area contributed by atoms with E-state index in [0.717, 1.165) is 33.1 Å². The number of likely N-dealkylation sites (tertiary alicyclic amines) is 1. The molecule has 0 unspecified atom stereocenters. The van der Waals surface area contributed by atoms with Gasteiger partial charge in [-0.1, -0.05) is 15.9 Å². The van der Waals surface area contributed by atoms with Gasteiger partial charge in [0.1, 0.15) is 0 Å². The summed E-state index contributed by atoms with van der Waals surface area (Å²) in [5.74, 6) is 0.00811. The Balaban J connectivity index is 1.88. The van der Waals surface area contributed by atoms with Gasteiger partial charge in [0.25, 0.3) is 5.91 Å². The number of carbonyl (C=O) groups excluding carboxylic acids is 1. The van der Waals surface area contributed by atoms with E-state index in [2.05, 4.69) is 20.9 Å². The summed E-state index contributed by atoms with van der Waals surface area (Å²) in [6.45, 7) is 1.30. The molecule has 0 aliphatic carbocycles. The number of halogens is 1.